The summed E-state index contributed by atoms with van der Waals surface area (Å²) in [4.78, 5) is 10.9. The van der Waals surface area contributed by atoms with Crippen LogP contribution in [0.2, 0.25) is 0 Å². The predicted molar refractivity (Wildman–Crippen MR) is 54.2 cm³/mol. The molecule has 1 rings (SSSR count). The van der Waals surface area contributed by atoms with Gasteiger partial charge in [0, 0.05) is 9.13 Å². The Labute approximate surface area is 92.4 Å². The van der Waals surface area contributed by atoms with E-state index in [0.29, 0.717) is 5.56 Å². The van der Waals surface area contributed by atoms with E-state index in [1.165, 1.54) is 19.1 Å². The highest BCUT2D eigenvalue weighted by Gasteiger charge is 2.32. The van der Waals surface area contributed by atoms with Crippen LogP contribution in [0, 0.1) is 3.57 Å². The van der Waals surface area contributed by atoms with Crippen molar-refractivity contribution in [1.82, 2.24) is 0 Å². The molecule has 0 heterocycles. The van der Waals surface area contributed by atoms with Crippen molar-refractivity contribution in [2.24, 2.45) is 0 Å². The second-order valence-electron chi connectivity index (χ2n) is 2.75. The van der Waals surface area contributed by atoms with Crippen molar-refractivity contribution in [3.8, 4) is 0 Å². The Bertz CT molecular complexity index is 371. The molecule has 0 atom stereocenters. The quantitative estimate of drug-likeness (QED) is 0.573. The van der Waals surface area contributed by atoms with Gasteiger partial charge in [0.25, 0.3) is 0 Å². The monoisotopic (exact) mass is 314 g/mol. The van der Waals surface area contributed by atoms with Crippen molar-refractivity contribution < 1.29 is 18.0 Å². The molecule has 0 bridgehead atoms. The van der Waals surface area contributed by atoms with E-state index in [1.807, 2.05) is 0 Å². The topological polar surface area (TPSA) is 17.1 Å². The normalized spacial score (nSPS) is 11.5. The van der Waals surface area contributed by atoms with Gasteiger partial charge in [-0.05, 0) is 41.6 Å². The number of benzene rings is 1. The third-order valence-electron chi connectivity index (χ3n) is 1.68. The summed E-state index contributed by atoms with van der Waals surface area (Å²) in [5.41, 5.74) is -0.412. The number of halogens is 4. The van der Waals surface area contributed by atoms with Crippen LogP contribution in [-0.2, 0) is 6.18 Å². The zero-order valence-electron chi connectivity index (χ0n) is 7.15. The number of carbonyl (C=O) groups is 1. The number of Topliss-reactive ketones (excluding diaryl/α,β-unsaturated/α-hetero) is 1. The molecule has 1 aromatic rings. The van der Waals surface area contributed by atoms with Gasteiger partial charge in [0.2, 0.25) is 0 Å². The van der Waals surface area contributed by atoms with Gasteiger partial charge in [-0.25, -0.2) is 0 Å². The summed E-state index contributed by atoms with van der Waals surface area (Å²) in [6.45, 7) is 1.32. The van der Waals surface area contributed by atoms with Gasteiger partial charge >= 0.3 is 6.18 Å². The van der Waals surface area contributed by atoms with Crippen LogP contribution in [0.5, 0.6) is 0 Å². The lowest BCUT2D eigenvalue weighted by Crippen LogP contribution is -2.08. The molecule has 14 heavy (non-hydrogen) atoms. The molecule has 76 valence electrons. The van der Waals surface area contributed by atoms with Gasteiger partial charge < -0.3 is 0 Å². The van der Waals surface area contributed by atoms with E-state index < -0.39 is 11.7 Å². The number of carbonyl (C=O) groups excluding carboxylic acids is 1. The molecular weight excluding hydrogens is 308 g/mol. The van der Waals surface area contributed by atoms with Crippen molar-refractivity contribution in [3.63, 3.8) is 0 Å². The number of hydrogen-bond donors (Lipinski definition) is 0. The van der Waals surface area contributed by atoms with Crippen LogP contribution >= 0.6 is 22.6 Å². The zero-order valence-corrected chi connectivity index (χ0v) is 9.31. The van der Waals surface area contributed by atoms with Gasteiger partial charge in [0.15, 0.2) is 5.78 Å². The first-order valence-corrected chi connectivity index (χ1v) is 4.78. The Morgan fingerprint density at radius 1 is 1.36 bits per heavy atom. The first-order chi connectivity index (χ1) is 6.32. The lowest BCUT2D eigenvalue weighted by molar-refractivity contribution is -0.138. The van der Waals surface area contributed by atoms with E-state index >= 15 is 0 Å². The smallest absolute Gasteiger partial charge is 0.295 e. The van der Waals surface area contributed by atoms with Gasteiger partial charge in [0.05, 0.1) is 5.56 Å². The van der Waals surface area contributed by atoms with E-state index in [4.69, 9.17) is 0 Å². The predicted octanol–water partition coefficient (Wildman–Crippen LogP) is 3.51. The highest BCUT2D eigenvalue weighted by atomic mass is 127. The number of rotatable bonds is 1. The highest BCUT2D eigenvalue weighted by Crippen LogP contribution is 2.33. The second-order valence-corrected chi connectivity index (χ2v) is 3.91. The minimum Gasteiger partial charge on any atom is -0.295 e. The Balaban J connectivity index is 3.21. The first-order valence-electron chi connectivity index (χ1n) is 3.70. The summed E-state index contributed by atoms with van der Waals surface area (Å²) in [6.07, 6.45) is -4.36. The van der Waals surface area contributed by atoms with E-state index in [0.717, 1.165) is 6.07 Å². The maximum Gasteiger partial charge on any atom is 0.417 e. The molecule has 1 aromatic carbocycles. The molecule has 0 saturated heterocycles. The van der Waals surface area contributed by atoms with Gasteiger partial charge in [-0.1, -0.05) is 6.07 Å². The van der Waals surface area contributed by atoms with Crippen molar-refractivity contribution >= 4 is 28.4 Å². The van der Waals surface area contributed by atoms with Crippen LogP contribution in [0.4, 0.5) is 13.2 Å². The fourth-order valence-corrected chi connectivity index (χ4v) is 1.79. The molecule has 5 heteroatoms. The number of hydrogen-bond acceptors (Lipinski definition) is 1. The van der Waals surface area contributed by atoms with Crippen molar-refractivity contribution in [2.75, 3.05) is 0 Å². The third kappa shape index (κ3) is 2.46. The van der Waals surface area contributed by atoms with Crippen LogP contribution in [0.15, 0.2) is 18.2 Å². The Morgan fingerprint density at radius 2 is 1.93 bits per heavy atom. The summed E-state index contributed by atoms with van der Waals surface area (Å²) in [5.74, 6) is -0.239. The minimum absolute atomic E-state index is 0.0443. The molecule has 0 unspecified atom stereocenters. The molecule has 0 aromatic heterocycles. The molecule has 0 saturated carbocycles. The average molecular weight is 314 g/mol. The van der Waals surface area contributed by atoms with Crippen molar-refractivity contribution in [1.29, 1.82) is 0 Å². The lowest BCUT2D eigenvalue weighted by atomic mass is 10.1. The first kappa shape index (κ1) is 11.5. The molecule has 1 nitrogen and oxygen atoms in total. The van der Waals surface area contributed by atoms with Gasteiger partial charge in [0.1, 0.15) is 0 Å². The highest BCUT2D eigenvalue weighted by molar-refractivity contribution is 14.1. The van der Waals surface area contributed by atoms with Crippen molar-refractivity contribution in [3.05, 3.63) is 32.9 Å². The van der Waals surface area contributed by atoms with Gasteiger partial charge in [-0.15, -0.1) is 0 Å². The van der Waals surface area contributed by atoms with Crippen LogP contribution < -0.4 is 0 Å². The Morgan fingerprint density at radius 3 is 2.29 bits per heavy atom. The summed E-state index contributed by atoms with van der Waals surface area (Å²) >= 11 is 1.57. The number of alkyl halides is 3. The van der Waals surface area contributed by atoms with Crippen LogP contribution in [0.25, 0.3) is 0 Å². The third-order valence-corrected chi connectivity index (χ3v) is 2.57. The lowest BCUT2D eigenvalue weighted by Gasteiger charge is -2.09. The molecule has 0 aliphatic carbocycles. The molecule has 0 fully saturated rings. The van der Waals surface area contributed by atoms with Crippen LogP contribution in [0.1, 0.15) is 22.8 Å². The minimum atomic E-state index is -4.36. The summed E-state index contributed by atoms with van der Waals surface area (Å²) in [5, 5.41) is 0. The summed E-state index contributed by atoms with van der Waals surface area (Å²) in [6, 6.07) is 3.36. The summed E-state index contributed by atoms with van der Waals surface area (Å²) < 4.78 is 36.9. The zero-order chi connectivity index (χ0) is 10.9. The second kappa shape index (κ2) is 3.88. The Hall–Kier alpha value is -0.590. The fourth-order valence-electron chi connectivity index (χ4n) is 0.964. The maximum absolute atomic E-state index is 12.3. The molecule has 0 aliphatic heterocycles. The van der Waals surface area contributed by atoms with E-state index in [2.05, 4.69) is 0 Å². The maximum atomic E-state index is 12.3. The largest absolute Gasteiger partial charge is 0.417 e. The molecule has 0 N–H and O–H groups in total. The molecule has 0 radical (unpaired) electrons. The van der Waals surface area contributed by atoms with E-state index in [1.54, 1.807) is 22.6 Å². The summed E-state index contributed by atoms with van der Waals surface area (Å²) in [7, 11) is 0. The SMILES string of the molecule is CC(=O)c1ccc(C(F)(F)F)c(I)c1. The standard InChI is InChI=1S/C9H6F3IO/c1-5(14)6-2-3-7(8(13)4-6)9(10,11)12/h2-4H,1H3. The van der Waals surface area contributed by atoms with Crippen LogP contribution in [0.3, 0.4) is 0 Å². The van der Waals surface area contributed by atoms with E-state index in [9.17, 15) is 18.0 Å². The van der Waals surface area contributed by atoms with Crippen LogP contribution in [-0.4, -0.2) is 5.78 Å². The average Bonchev–Trinajstić information content (AvgIpc) is 2.01. The van der Waals surface area contributed by atoms with Gasteiger partial charge in [-0.3, -0.25) is 4.79 Å². The fraction of sp³-hybridized carbons (Fsp3) is 0.222. The molecule has 0 amide bonds. The number of ketones is 1. The van der Waals surface area contributed by atoms with E-state index in [-0.39, 0.29) is 9.35 Å². The van der Waals surface area contributed by atoms with Crippen molar-refractivity contribution in [2.45, 2.75) is 13.1 Å². The Kier molecular flexibility index (Phi) is 3.18. The molecule has 0 aliphatic rings. The molecule has 0 spiro atoms. The molecular formula is C9H6F3IO. The van der Waals surface area contributed by atoms with Gasteiger partial charge in [-0.2, -0.15) is 13.2 Å².